The largest absolute Gasteiger partial charge is 0.457 e. The standard InChI is InChI=1S/C22H26N2O6/c1-15-13-17(16(2)23(15)10-6-12-28-3)19(25)14-29-21(26)9-11-24-18-7-4-5-8-20(18)30-22(24)27/h4-5,7-8,13H,6,9-12,14H2,1-3H3. The summed E-state index contributed by atoms with van der Waals surface area (Å²) in [4.78, 5) is 36.6. The van der Waals surface area contributed by atoms with E-state index < -0.39 is 11.7 Å². The lowest BCUT2D eigenvalue weighted by molar-refractivity contribution is -0.142. The average molecular weight is 414 g/mol. The number of aryl methyl sites for hydroxylation is 2. The number of Topliss-reactive ketones (excluding diaryl/α,β-unsaturated/α-hetero) is 1. The summed E-state index contributed by atoms with van der Waals surface area (Å²) in [5.41, 5.74) is 3.46. The number of hydrogen-bond donors (Lipinski definition) is 0. The lowest BCUT2D eigenvalue weighted by Crippen LogP contribution is -2.19. The van der Waals surface area contributed by atoms with Gasteiger partial charge in [0.25, 0.3) is 0 Å². The van der Waals surface area contributed by atoms with Crippen LogP contribution in [-0.2, 0) is 27.4 Å². The van der Waals surface area contributed by atoms with Crippen molar-refractivity contribution in [2.45, 2.75) is 39.8 Å². The lowest BCUT2D eigenvalue weighted by Gasteiger charge is -2.09. The van der Waals surface area contributed by atoms with Crippen LogP contribution in [0, 0.1) is 13.8 Å². The van der Waals surface area contributed by atoms with Crippen molar-refractivity contribution in [1.29, 1.82) is 0 Å². The van der Waals surface area contributed by atoms with Gasteiger partial charge in [-0.1, -0.05) is 12.1 Å². The molecule has 8 heteroatoms. The number of para-hydroxylation sites is 2. The predicted octanol–water partition coefficient (Wildman–Crippen LogP) is 2.87. The number of benzene rings is 1. The Hall–Kier alpha value is -3.13. The van der Waals surface area contributed by atoms with E-state index >= 15 is 0 Å². The van der Waals surface area contributed by atoms with Crippen LogP contribution in [0.25, 0.3) is 11.1 Å². The third-order valence-corrected chi connectivity index (χ3v) is 5.08. The van der Waals surface area contributed by atoms with Crippen molar-refractivity contribution in [3.05, 3.63) is 57.8 Å². The van der Waals surface area contributed by atoms with Crippen LogP contribution < -0.4 is 5.76 Å². The summed E-state index contributed by atoms with van der Waals surface area (Å²) < 4.78 is 18.8. The minimum Gasteiger partial charge on any atom is -0.457 e. The molecule has 160 valence electrons. The van der Waals surface area contributed by atoms with Gasteiger partial charge in [0.05, 0.1) is 11.9 Å². The molecule has 0 aliphatic carbocycles. The van der Waals surface area contributed by atoms with Gasteiger partial charge in [0.1, 0.15) is 0 Å². The van der Waals surface area contributed by atoms with Gasteiger partial charge < -0.3 is 18.5 Å². The molecule has 8 nitrogen and oxygen atoms in total. The monoisotopic (exact) mass is 414 g/mol. The average Bonchev–Trinajstić information content (AvgIpc) is 3.20. The molecule has 3 aromatic rings. The van der Waals surface area contributed by atoms with E-state index in [4.69, 9.17) is 13.9 Å². The summed E-state index contributed by atoms with van der Waals surface area (Å²) in [6, 6.07) is 8.81. The molecule has 2 heterocycles. The molecule has 0 spiro atoms. The van der Waals surface area contributed by atoms with Crippen molar-refractivity contribution in [1.82, 2.24) is 9.13 Å². The first-order chi connectivity index (χ1) is 14.4. The Morgan fingerprint density at radius 1 is 1.10 bits per heavy atom. The number of esters is 1. The zero-order chi connectivity index (χ0) is 21.7. The summed E-state index contributed by atoms with van der Waals surface area (Å²) in [5, 5.41) is 0. The maximum absolute atomic E-state index is 12.5. The number of hydrogen-bond acceptors (Lipinski definition) is 6. The van der Waals surface area contributed by atoms with Crippen LogP contribution in [0.5, 0.6) is 0 Å². The number of oxazole rings is 1. The molecule has 0 N–H and O–H groups in total. The van der Waals surface area contributed by atoms with Gasteiger partial charge in [-0.2, -0.15) is 0 Å². The molecule has 3 rings (SSSR count). The molecule has 0 atom stereocenters. The minimum atomic E-state index is -0.547. The Morgan fingerprint density at radius 3 is 2.63 bits per heavy atom. The van der Waals surface area contributed by atoms with Crippen LogP contribution in [0.4, 0.5) is 0 Å². The molecule has 1 aromatic carbocycles. The van der Waals surface area contributed by atoms with Gasteiger partial charge in [-0.3, -0.25) is 14.2 Å². The molecule has 0 saturated carbocycles. The van der Waals surface area contributed by atoms with E-state index in [0.717, 1.165) is 24.4 Å². The summed E-state index contributed by atoms with van der Waals surface area (Å²) in [7, 11) is 1.66. The summed E-state index contributed by atoms with van der Waals surface area (Å²) in [6.07, 6.45) is 0.810. The zero-order valence-electron chi connectivity index (χ0n) is 17.5. The molecule has 0 aliphatic rings. The smallest absolute Gasteiger partial charge is 0.419 e. The minimum absolute atomic E-state index is 0.0350. The van der Waals surface area contributed by atoms with Crippen LogP contribution in [0.3, 0.4) is 0 Å². The highest BCUT2D eigenvalue weighted by Gasteiger charge is 2.18. The number of nitrogens with zero attached hydrogens (tertiary/aromatic N) is 2. The molecule has 2 aromatic heterocycles. The molecule has 0 aliphatic heterocycles. The first kappa shape index (κ1) is 21.6. The highest BCUT2D eigenvalue weighted by molar-refractivity contribution is 5.99. The third kappa shape index (κ3) is 4.71. The van der Waals surface area contributed by atoms with E-state index in [9.17, 15) is 14.4 Å². The van der Waals surface area contributed by atoms with Gasteiger partial charge in [-0.15, -0.1) is 0 Å². The van der Waals surface area contributed by atoms with Gasteiger partial charge in [-0.05, 0) is 38.5 Å². The molecule has 0 saturated heterocycles. The van der Waals surface area contributed by atoms with Crippen LogP contribution in [0.15, 0.2) is 39.5 Å². The number of ketones is 1. The lowest BCUT2D eigenvalue weighted by atomic mass is 10.1. The maximum atomic E-state index is 12.5. The van der Waals surface area contributed by atoms with Crippen molar-refractivity contribution in [2.24, 2.45) is 0 Å². The molecule has 0 amide bonds. The highest BCUT2D eigenvalue weighted by Crippen LogP contribution is 2.17. The van der Waals surface area contributed by atoms with Gasteiger partial charge in [0.15, 0.2) is 12.2 Å². The SMILES string of the molecule is COCCCn1c(C)cc(C(=O)COC(=O)CCn2c(=O)oc3ccccc32)c1C. The van der Waals surface area contributed by atoms with Gasteiger partial charge >= 0.3 is 11.7 Å². The van der Waals surface area contributed by atoms with E-state index in [0.29, 0.717) is 23.3 Å². The van der Waals surface area contributed by atoms with Gasteiger partial charge in [-0.25, -0.2) is 4.79 Å². The summed E-state index contributed by atoms with van der Waals surface area (Å²) in [5.74, 6) is -1.32. The first-order valence-corrected chi connectivity index (χ1v) is 9.85. The second kappa shape index (κ2) is 9.58. The molecular formula is C22H26N2O6. The van der Waals surface area contributed by atoms with E-state index in [1.165, 1.54) is 4.57 Å². The van der Waals surface area contributed by atoms with Crippen LogP contribution >= 0.6 is 0 Å². The number of rotatable bonds is 10. The predicted molar refractivity (Wildman–Crippen MR) is 111 cm³/mol. The van der Waals surface area contributed by atoms with E-state index in [1.807, 2.05) is 19.9 Å². The molecule has 0 fully saturated rings. The second-order valence-electron chi connectivity index (χ2n) is 7.10. The number of carbonyl (C=O) groups excluding carboxylic acids is 2. The van der Waals surface area contributed by atoms with Crippen molar-refractivity contribution in [2.75, 3.05) is 20.3 Å². The maximum Gasteiger partial charge on any atom is 0.419 e. The Bertz CT molecular complexity index is 1100. The van der Waals surface area contributed by atoms with E-state index in [-0.39, 0.29) is 25.4 Å². The number of fused-ring (bicyclic) bond motifs is 1. The molecule has 30 heavy (non-hydrogen) atoms. The van der Waals surface area contributed by atoms with Crippen molar-refractivity contribution in [3.8, 4) is 0 Å². The van der Waals surface area contributed by atoms with Crippen LogP contribution in [0.1, 0.15) is 34.6 Å². The normalized spacial score (nSPS) is 11.2. The topological polar surface area (TPSA) is 92.7 Å². The molecule has 0 unspecified atom stereocenters. The Morgan fingerprint density at radius 2 is 1.87 bits per heavy atom. The Labute approximate surface area is 174 Å². The molecular weight excluding hydrogens is 388 g/mol. The molecule has 0 bridgehead atoms. The fourth-order valence-electron chi connectivity index (χ4n) is 3.52. The second-order valence-corrected chi connectivity index (χ2v) is 7.10. The van der Waals surface area contributed by atoms with Crippen LogP contribution in [-0.4, -0.2) is 41.2 Å². The van der Waals surface area contributed by atoms with Crippen molar-refractivity contribution in [3.63, 3.8) is 0 Å². The highest BCUT2D eigenvalue weighted by atomic mass is 16.5. The first-order valence-electron chi connectivity index (χ1n) is 9.85. The molecule has 0 radical (unpaired) electrons. The van der Waals surface area contributed by atoms with E-state index in [2.05, 4.69) is 4.57 Å². The Balaban J connectivity index is 1.56. The third-order valence-electron chi connectivity index (χ3n) is 5.08. The van der Waals surface area contributed by atoms with Crippen LogP contribution in [0.2, 0.25) is 0 Å². The van der Waals surface area contributed by atoms with Gasteiger partial charge in [0.2, 0.25) is 5.78 Å². The number of aromatic nitrogens is 2. The summed E-state index contributed by atoms with van der Waals surface area (Å²) >= 11 is 0. The number of carbonyl (C=O) groups is 2. The fourth-order valence-corrected chi connectivity index (χ4v) is 3.52. The number of methoxy groups -OCH3 is 1. The fraction of sp³-hybridized carbons (Fsp3) is 0.409. The van der Waals surface area contributed by atoms with Gasteiger partial charge in [0, 0.05) is 43.8 Å². The zero-order valence-corrected chi connectivity index (χ0v) is 17.5. The van der Waals surface area contributed by atoms with Crippen molar-refractivity contribution >= 4 is 22.9 Å². The quantitative estimate of drug-likeness (QED) is 0.288. The summed E-state index contributed by atoms with van der Waals surface area (Å²) in [6.45, 7) is 5.01. The Kier molecular flexibility index (Phi) is 6.89. The number of ether oxygens (including phenoxy) is 2. The van der Waals surface area contributed by atoms with Crippen molar-refractivity contribution < 1.29 is 23.5 Å². The van der Waals surface area contributed by atoms with E-state index in [1.54, 1.807) is 31.4 Å².